The van der Waals surface area contributed by atoms with Crippen LogP contribution in [-0.2, 0) is 17.7 Å². The molecule has 0 spiro atoms. The fourth-order valence-electron chi connectivity index (χ4n) is 2.01. The molecule has 1 N–H and O–H groups in total. The highest BCUT2D eigenvalue weighted by Gasteiger charge is 2.11. The molecule has 1 unspecified atom stereocenters. The van der Waals surface area contributed by atoms with E-state index in [9.17, 15) is 0 Å². The Bertz CT molecular complexity index is 322. The molecule has 98 valence electrons. The van der Waals surface area contributed by atoms with Crippen molar-refractivity contribution in [2.45, 2.75) is 46.2 Å². The Morgan fingerprint density at radius 2 is 2.24 bits per heavy atom. The molecule has 4 nitrogen and oxygen atoms in total. The minimum atomic E-state index is 0.461. The maximum atomic E-state index is 5.40. The summed E-state index contributed by atoms with van der Waals surface area (Å²) in [5, 5.41) is 7.82. The second-order valence-corrected chi connectivity index (χ2v) is 4.27. The van der Waals surface area contributed by atoms with Gasteiger partial charge in [-0.05, 0) is 40.3 Å². The summed E-state index contributed by atoms with van der Waals surface area (Å²) >= 11 is 0. The predicted molar refractivity (Wildman–Crippen MR) is 70.3 cm³/mol. The van der Waals surface area contributed by atoms with Crippen molar-refractivity contribution >= 4 is 0 Å². The number of likely N-dealkylation sites (N-methyl/N-ethyl adjacent to an activating group) is 1. The monoisotopic (exact) mass is 239 g/mol. The number of ether oxygens (including phenoxy) is 1. The molecule has 1 rings (SSSR count). The van der Waals surface area contributed by atoms with Crippen molar-refractivity contribution in [1.82, 2.24) is 15.1 Å². The zero-order chi connectivity index (χ0) is 12.7. The van der Waals surface area contributed by atoms with Gasteiger partial charge < -0.3 is 10.1 Å². The zero-order valence-electron chi connectivity index (χ0n) is 11.5. The number of hydrogen-bond acceptors (Lipinski definition) is 3. The first-order valence-corrected chi connectivity index (χ1v) is 6.49. The van der Waals surface area contributed by atoms with Crippen LogP contribution in [0.1, 0.15) is 31.7 Å². The van der Waals surface area contributed by atoms with Crippen molar-refractivity contribution < 1.29 is 4.74 Å². The lowest BCUT2D eigenvalue weighted by Gasteiger charge is -2.16. The molecular weight excluding hydrogens is 214 g/mol. The van der Waals surface area contributed by atoms with Crippen molar-refractivity contribution in [3.63, 3.8) is 0 Å². The van der Waals surface area contributed by atoms with Crippen LogP contribution in [0.25, 0.3) is 0 Å². The van der Waals surface area contributed by atoms with Crippen LogP contribution in [0.2, 0.25) is 0 Å². The highest BCUT2D eigenvalue weighted by Crippen LogP contribution is 2.09. The molecule has 0 saturated heterocycles. The van der Waals surface area contributed by atoms with Crippen LogP contribution in [0.3, 0.4) is 0 Å². The van der Waals surface area contributed by atoms with E-state index in [1.807, 2.05) is 20.9 Å². The predicted octanol–water partition coefficient (Wildman–Crippen LogP) is 1.77. The first-order chi connectivity index (χ1) is 8.21. The van der Waals surface area contributed by atoms with Crippen LogP contribution in [0.15, 0.2) is 6.07 Å². The summed E-state index contributed by atoms with van der Waals surface area (Å²) in [6.45, 7) is 8.76. The summed E-state index contributed by atoms with van der Waals surface area (Å²) in [4.78, 5) is 0. The SMILES string of the molecule is CCOCCC(Cc1cc(C)nn1CC)NC. The summed E-state index contributed by atoms with van der Waals surface area (Å²) < 4.78 is 7.49. The third kappa shape index (κ3) is 4.48. The fraction of sp³-hybridized carbons (Fsp3) is 0.769. The molecule has 1 heterocycles. The second-order valence-electron chi connectivity index (χ2n) is 4.27. The number of nitrogens with one attached hydrogen (secondary N) is 1. The third-order valence-corrected chi connectivity index (χ3v) is 2.96. The van der Waals surface area contributed by atoms with Gasteiger partial charge in [0.05, 0.1) is 5.69 Å². The van der Waals surface area contributed by atoms with E-state index in [1.54, 1.807) is 0 Å². The zero-order valence-corrected chi connectivity index (χ0v) is 11.5. The average molecular weight is 239 g/mol. The Balaban J connectivity index is 2.53. The van der Waals surface area contributed by atoms with Gasteiger partial charge in [0.25, 0.3) is 0 Å². The van der Waals surface area contributed by atoms with Gasteiger partial charge in [-0.2, -0.15) is 5.10 Å². The molecule has 0 radical (unpaired) electrons. The molecule has 0 bridgehead atoms. The second kappa shape index (κ2) is 7.45. The minimum Gasteiger partial charge on any atom is -0.382 e. The molecule has 1 aromatic heterocycles. The van der Waals surface area contributed by atoms with Crippen molar-refractivity contribution in [3.8, 4) is 0 Å². The first-order valence-electron chi connectivity index (χ1n) is 6.49. The molecule has 0 saturated carbocycles. The van der Waals surface area contributed by atoms with Gasteiger partial charge in [0, 0.05) is 37.9 Å². The summed E-state index contributed by atoms with van der Waals surface area (Å²) in [6.07, 6.45) is 2.05. The highest BCUT2D eigenvalue weighted by atomic mass is 16.5. The molecular formula is C13H25N3O. The normalized spacial score (nSPS) is 12.9. The van der Waals surface area contributed by atoms with Gasteiger partial charge in [0.2, 0.25) is 0 Å². The number of nitrogens with zero attached hydrogens (tertiary/aromatic N) is 2. The van der Waals surface area contributed by atoms with Crippen molar-refractivity contribution in [3.05, 3.63) is 17.5 Å². The van der Waals surface area contributed by atoms with Crippen LogP contribution < -0.4 is 5.32 Å². The van der Waals surface area contributed by atoms with E-state index in [2.05, 4.69) is 28.1 Å². The smallest absolute Gasteiger partial charge is 0.0596 e. The van der Waals surface area contributed by atoms with Crippen LogP contribution >= 0.6 is 0 Å². The third-order valence-electron chi connectivity index (χ3n) is 2.96. The van der Waals surface area contributed by atoms with Gasteiger partial charge in [-0.25, -0.2) is 0 Å². The summed E-state index contributed by atoms with van der Waals surface area (Å²) in [7, 11) is 2.01. The molecule has 0 aromatic carbocycles. The molecule has 1 aromatic rings. The van der Waals surface area contributed by atoms with Crippen LogP contribution in [-0.4, -0.2) is 36.1 Å². The Hall–Kier alpha value is -0.870. The summed E-state index contributed by atoms with van der Waals surface area (Å²) in [5.74, 6) is 0. The Kier molecular flexibility index (Phi) is 6.22. The molecule has 0 amide bonds. The van der Waals surface area contributed by atoms with Gasteiger partial charge in [0.15, 0.2) is 0 Å². The first kappa shape index (κ1) is 14.2. The van der Waals surface area contributed by atoms with E-state index in [-0.39, 0.29) is 0 Å². The summed E-state index contributed by atoms with van der Waals surface area (Å²) in [5.41, 5.74) is 2.40. The van der Waals surface area contributed by atoms with Gasteiger partial charge in [-0.1, -0.05) is 0 Å². The molecule has 0 aliphatic heterocycles. The maximum absolute atomic E-state index is 5.40. The van der Waals surface area contributed by atoms with Crippen LogP contribution in [0.4, 0.5) is 0 Å². The molecule has 0 aliphatic carbocycles. The lowest BCUT2D eigenvalue weighted by Crippen LogP contribution is -2.30. The van der Waals surface area contributed by atoms with E-state index >= 15 is 0 Å². The van der Waals surface area contributed by atoms with E-state index in [0.29, 0.717) is 6.04 Å². The number of aromatic nitrogens is 2. The standard InChI is InChI=1S/C13H25N3O/c1-5-16-13(9-11(3)15-16)10-12(14-4)7-8-17-6-2/h9,12,14H,5-8,10H2,1-4H3. The molecule has 0 fully saturated rings. The largest absolute Gasteiger partial charge is 0.382 e. The van der Waals surface area contributed by atoms with Crippen molar-refractivity contribution in [2.75, 3.05) is 20.3 Å². The van der Waals surface area contributed by atoms with E-state index in [1.165, 1.54) is 5.69 Å². The van der Waals surface area contributed by atoms with Gasteiger partial charge >= 0.3 is 0 Å². The fourth-order valence-corrected chi connectivity index (χ4v) is 2.01. The lowest BCUT2D eigenvalue weighted by molar-refractivity contribution is 0.137. The van der Waals surface area contributed by atoms with E-state index in [4.69, 9.17) is 4.74 Å². The van der Waals surface area contributed by atoms with Gasteiger partial charge in [0.1, 0.15) is 0 Å². The number of aryl methyl sites for hydroxylation is 2. The molecule has 1 atom stereocenters. The Morgan fingerprint density at radius 1 is 1.47 bits per heavy atom. The highest BCUT2D eigenvalue weighted by molar-refractivity contribution is 5.10. The van der Waals surface area contributed by atoms with Crippen molar-refractivity contribution in [2.24, 2.45) is 0 Å². The minimum absolute atomic E-state index is 0.461. The number of rotatable bonds is 8. The lowest BCUT2D eigenvalue weighted by atomic mass is 10.1. The van der Waals surface area contributed by atoms with E-state index < -0.39 is 0 Å². The molecule has 17 heavy (non-hydrogen) atoms. The average Bonchev–Trinajstić information content (AvgIpc) is 2.68. The molecule has 4 heteroatoms. The molecule has 0 aliphatic rings. The summed E-state index contributed by atoms with van der Waals surface area (Å²) in [6, 6.07) is 2.64. The quantitative estimate of drug-likeness (QED) is 0.703. The number of hydrogen-bond donors (Lipinski definition) is 1. The van der Waals surface area contributed by atoms with Crippen LogP contribution in [0.5, 0.6) is 0 Å². The van der Waals surface area contributed by atoms with Crippen LogP contribution in [0, 0.1) is 6.92 Å². The van der Waals surface area contributed by atoms with Gasteiger partial charge in [-0.3, -0.25) is 4.68 Å². The maximum Gasteiger partial charge on any atom is 0.0596 e. The topological polar surface area (TPSA) is 39.1 Å². The van der Waals surface area contributed by atoms with Crippen molar-refractivity contribution in [1.29, 1.82) is 0 Å². The van der Waals surface area contributed by atoms with E-state index in [0.717, 1.165) is 38.3 Å². The van der Waals surface area contributed by atoms with Gasteiger partial charge in [-0.15, -0.1) is 0 Å². The Labute approximate surface area is 104 Å². The Morgan fingerprint density at radius 3 is 2.82 bits per heavy atom.